The van der Waals surface area contributed by atoms with Gasteiger partial charge in [-0.3, -0.25) is 4.68 Å². The van der Waals surface area contributed by atoms with Crippen LogP contribution in [-0.2, 0) is 13.0 Å². The highest BCUT2D eigenvalue weighted by molar-refractivity contribution is 9.10. The maximum absolute atomic E-state index is 10.2. The Kier molecular flexibility index (Phi) is 4.97. The lowest BCUT2D eigenvalue weighted by atomic mass is 10.1. The largest absolute Gasteiger partial charge is 0.387 e. The van der Waals surface area contributed by atoms with Gasteiger partial charge in [0.2, 0.25) is 0 Å². The zero-order valence-corrected chi connectivity index (χ0v) is 12.7. The molecule has 0 radical (unpaired) electrons. The molecule has 0 saturated heterocycles. The van der Waals surface area contributed by atoms with Gasteiger partial charge >= 0.3 is 0 Å². The Bertz CT molecular complexity index is 481. The van der Waals surface area contributed by atoms with Crippen molar-refractivity contribution in [2.45, 2.75) is 38.8 Å². The third-order valence-corrected chi connectivity index (χ3v) is 4.48. The Labute approximate surface area is 120 Å². The number of aliphatic hydroxyl groups excluding tert-OH is 1. The fraction of sp³-hybridized carbons (Fsp3) is 0.462. The molecular weight excluding hydrogens is 312 g/mol. The molecular formula is C13H17BrN2OS. The molecule has 98 valence electrons. The van der Waals surface area contributed by atoms with E-state index in [1.807, 2.05) is 11.6 Å². The smallest absolute Gasteiger partial charge is 0.0968 e. The zero-order chi connectivity index (χ0) is 13.0. The third kappa shape index (κ3) is 3.22. The highest BCUT2D eigenvalue weighted by atomic mass is 79.9. The number of nitrogens with zero attached hydrogens (tertiary/aromatic N) is 2. The standard InChI is InChI=1S/C13H17BrN2OS/c1-2-16-13(11(14)9-15-16)12(17)7-3-5-10-6-4-8-18-10/h4,6,8-9,12,17H,2-3,5,7H2,1H3. The number of aromatic nitrogens is 2. The van der Waals surface area contributed by atoms with Gasteiger partial charge in [-0.2, -0.15) is 5.10 Å². The summed E-state index contributed by atoms with van der Waals surface area (Å²) >= 11 is 5.22. The van der Waals surface area contributed by atoms with E-state index in [0.717, 1.165) is 36.0 Å². The monoisotopic (exact) mass is 328 g/mol. The molecule has 1 N–H and O–H groups in total. The van der Waals surface area contributed by atoms with Crippen molar-refractivity contribution in [1.29, 1.82) is 0 Å². The molecule has 0 bridgehead atoms. The van der Waals surface area contributed by atoms with Gasteiger partial charge in [0, 0.05) is 11.4 Å². The fourth-order valence-corrected chi connectivity index (χ4v) is 3.33. The van der Waals surface area contributed by atoms with Crippen LogP contribution in [0.4, 0.5) is 0 Å². The van der Waals surface area contributed by atoms with Gasteiger partial charge in [-0.05, 0) is 53.6 Å². The van der Waals surface area contributed by atoms with E-state index in [1.54, 1.807) is 17.5 Å². The van der Waals surface area contributed by atoms with E-state index in [0.29, 0.717) is 0 Å². The van der Waals surface area contributed by atoms with Crippen LogP contribution in [0, 0.1) is 0 Å². The minimum Gasteiger partial charge on any atom is -0.387 e. The third-order valence-electron chi connectivity index (χ3n) is 2.93. The van der Waals surface area contributed by atoms with Crippen molar-refractivity contribution >= 4 is 27.3 Å². The molecule has 0 aliphatic rings. The van der Waals surface area contributed by atoms with Crippen LogP contribution in [0.15, 0.2) is 28.2 Å². The quantitative estimate of drug-likeness (QED) is 0.876. The molecule has 0 fully saturated rings. The molecule has 2 aromatic heterocycles. The van der Waals surface area contributed by atoms with E-state index in [2.05, 4.69) is 38.5 Å². The molecule has 18 heavy (non-hydrogen) atoms. The van der Waals surface area contributed by atoms with Crippen molar-refractivity contribution in [3.05, 3.63) is 38.8 Å². The summed E-state index contributed by atoms with van der Waals surface area (Å²) in [5.74, 6) is 0. The lowest BCUT2D eigenvalue weighted by molar-refractivity contribution is 0.153. The van der Waals surface area contributed by atoms with Crippen LogP contribution in [0.2, 0.25) is 0 Å². The number of hydrogen-bond donors (Lipinski definition) is 1. The Morgan fingerprint density at radius 3 is 3.06 bits per heavy atom. The Morgan fingerprint density at radius 1 is 1.56 bits per heavy atom. The first-order valence-corrected chi connectivity index (χ1v) is 7.81. The van der Waals surface area contributed by atoms with Crippen LogP contribution in [0.1, 0.15) is 36.4 Å². The second-order valence-corrected chi connectivity index (χ2v) is 6.07. The Balaban J connectivity index is 1.91. The van der Waals surface area contributed by atoms with Gasteiger partial charge in [-0.15, -0.1) is 11.3 Å². The van der Waals surface area contributed by atoms with Gasteiger partial charge in [0.1, 0.15) is 0 Å². The van der Waals surface area contributed by atoms with Gasteiger partial charge < -0.3 is 5.11 Å². The van der Waals surface area contributed by atoms with Gasteiger partial charge in [0.05, 0.1) is 22.5 Å². The first kappa shape index (κ1) is 13.8. The molecule has 5 heteroatoms. The molecule has 3 nitrogen and oxygen atoms in total. The second-order valence-electron chi connectivity index (χ2n) is 4.18. The molecule has 1 atom stereocenters. The lowest BCUT2D eigenvalue weighted by Gasteiger charge is -2.12. The summed E-state index contributed by atoms with van der Waals surface area (Å²) in [5.41, 5.74) is 0.892. The van der Waals surface area contributed by atoms with Gasteiger partial charge in [0.25, 0.3) is 0 Å². The van der Waals surface area contributed by atoms with Crippen LogP contribution in [-0.4, -0.2) is 14.9 Å². The summed E-state index contributed by atoms with van der Waals surface area (Å²) < 4.78 is 2.74. The normalized spacial score (nSPS) is 12.8. The molecule has 0 spiro atoms. The molecule has 0 aliphatic carbocycles. The SMILES string of the molecule is CCn1ncc(Br)c1C(O)CCCc1cccs1. The number of aryl methyl sites for hydroxylation is 2. The maximum Gasteiger partial charge on any atom is 0.0968 e. The van der Waals surface area contributed by atoms with E-state index in [9.17, 15) is 5.11 Å². The fourth-order valence-electron chi connectivity index (χ4n) is 2.02. The van der Waals surface area contributed by atoms with E-state index < -0.39 is 6.10 Å². The number of hydrogen-bond acceptors (Lipinski definition) is 3. The first-order chi connectivity index (χ1) is 8.72. The minimum atomic E-state index is -0.443. The maximum atomic E-state index is 10.2. The lowest BCUT2D eigenvalue weighted by Crippen LogP contribution is -2.08. The molecule has 1 unspecified atom stereocenters. The predicted octanol–water partition coefficient (Wildman–Crippen LogP) is 3.78. The van der Waals surface area contributed by atoms with Crippen LogP contribution in [0.25, 0.3) is 0 Å². The average Bonchev–Trinajstić information content (AvgIpc) is 2.98. The average molecular weight is 329 g/mol. The van der Waals surface area contributed by atoms with Crippen LogP contribution >= 0.6 is 27.3 Å². The summed E-state index contributed by atoms with van der Waals surface area (Å²) in [4.78, 5) is 1.38. The Hall–Kier alpha value is -0.650. The number of thiophene rings is 1. The highest BCUT2D eigenvalue weighted by Crippen LogP contribution is 2.27. The van der Waals surface area contributed by atoms with Crippen LogP contribution < -0.4 is 0 Å². The summed E-state index contributed by atoms with van der Waals surface area (Å²) in [5, 5.41) is 16.6. The molecule has 2 rings (SSSR count). The van der Waals surface area contributed by atoms with Crippen molar-refractivity contribution in [1.82, 2.24) is 9.78 Å². The van der Waals surface area contributed by atoms with E-state index in [4.69, 9.17) is 0 Å². The summed E-state index contributed by atoms with van der Waals surface area (Å²) in [7, 11) is 0. The minimum absolute atomic E-state index is 0.443. The molecule has 2 heterocycles. The molecule has 0 aliphatic heterocycles. The van der Waals surface area contributed by atoms with Gasteiger partial charge in [0.15, 0.2) is 0 Å². The van der Waals surface area contributed by atoms with Crippen molar-refractivity contribution in [3.63, 3.8) is 0 Å². The van der Waals surface area contributed by atoms with E-state index >= 15 is 0 Å². The van der Waals surface area contributed by atoms with Crippen molar-refractivity contribution in [2.24, 2.45) is 0 Å². The summed E-state index contributed by atoms with van der Waals surface area (Å²) in [6.07, 6.45) is 4.10. The van der Waals surface area contributed by atoms with Crippen LogP contribution in [0.5, 0.6) is 0 Å². The van der Waals surface area contributed by atoms with Gasteiger partial charge in [-0.25, -0.2) is 0 Å². The Morgan fingerprint density at radius 2 is 2.39 bits per heavy atom. The van der Waals surface area contributed by atoms with Crippen molar-refractivity contribution in [3.8, 4) is 0 Å². The zero-order valence-electron chi connectivity index (χ0n) is 10.3. The van der Waals surface area contributed by atoms with Crippen molar-refractivity contribution in [2.75, 3.05) is 0 Å². The topological polar surface area (TPSA) is 38.0 Å². The van der Waals surface area contributed by atoms with Crippen LogP contribution in [0.3, 0.4) is 0 Å². The second kappa shape index (κ2) is 6.50. The van der Waals surface area contributed by atoms with E-state index in [1.165, 1.54) is 4.88 Å². The molecule has 0 aromatic carbocycles. The number of halogens is 1. The molecule has 0 amide bonds. The molecule has 0 saturated carbocycles. The van der Waals surface area contributed by atoms with Crippen molar-refractivity contribution < 1.29 is 5.11 Å². The van der Waals surface area contributed by atoms with Gasteiger partial charge in [-0.1, -0.05) is 6.07 Å². The number of aliphatic hydroxyl groups is 1. The highest BCUT2D eigenvalue weighted by Gasteiger charge is 2.16. The first-order valence-electron chi connectivity index (χ1n) is 6.14. The number of rotatable bonds is 6. The van der Waals surface area contributed by atoms with E-state index in [-0.39, 0.29) is 0 Å². The summed E-state index contributed by atoms with van der Waals surface area (Å²) in [6, 6.07) is 4.21. The molecule has 2 aromatic rings. The summed E-state index contributed by atoms with van der Waals surface area (Å²) in [6.45, 7) is 2.81. The predicted molar refractivity (Wildman–Crippen MR) is 77.8 cm³/mol.